The van der Waals surface area contributed by atoms with Gasteiger partial charge in [-0.05, 0) is 61.7 Å². The number of halogens is 2. The molecular weight excluding hydrogens is 508 g/mol. The van der Waals surface area contributed by atoms with Crippen molar-refractivity contribution in [3.8, 4) is 11.1 Å². The summed E-state index contributed by atoms with van der Waals surface area (Å²) < 4.78 is 32.7. The topological polar surface area (TPSA) is 65.0 Å². The zero-order valence-electron chi connectivity index (χ0n) is 23.3. The predicted molar refractivity (Wildman–Crippen MR) is 156 cm³/mol. The Hall–Kier alpha value is -3.40. The van der Waals surface area contributed by atoms with Crippen molar-refractivity contribution in [2.45, 2.75) is 39.3 Å². The SMILES string of the molecule is CCN1CCC(n2cc(/C=C/c3n[nH]c4cc(C)c(-c5ccc(CN6CCNCC6)c(F)c5F)cc34)cn2)CC1. The second-order valence-corrected chi connectivity index (χ2v) is 11.0. The molecule has 0 amide bonds. The van der Waals surface area contributed by atoms with Crippen LogP contribution in [0.5, 0.6) is 0 Å². The van der Waals surface area contributed by atoms with Crippen molar-refractivity contribution < 1.29 is 8.78 Å². The molecule has 6 rings (SSSR count). The third kappa shape index (κ3) is 5.46. The molecule has 9 heteroatoms. The summed E-state index contributed by atoms with van der Waals surface area (Å²) in [6, 6.07) is 7.72. The molecule has 2 saturated heterocycles. The van der Waals surface area contributed by atoms with Crippen LogP contribution in [0.15, 0.2) is 36.7 Å². The van der Waals surface area contributed by atoms with Crippen molar-refractivity contribution in [1.29, 1.82) is 0 Å². The average molecular weight is 546 g/mol. The second kappa shape index (κ2) is 11.6. The van der Waals surface area contributed by atoms with E-state index in [1.807, 2.05) is 37.4 Å². The van der Waals surface area contributed by atoms with Gasteiger partial charge in [0.1, 0.15) is 0 Å². The molecule has 4 heterocycles. The van der Waals surface area contributed by atoms with E-state index in [2.05, 4.69) is 48.2 Å². The number of benzene rings is 2. The quantitative estimate of drug-likeness (QED) is 0.332. The first-order chi connectivity index (χ1) is 19.5. The van der Waals surface area contributed by atoms with Crippen molar-refractivity contribution in [3.05, 3.63) is 70.7 Å². The summed E-state index contributed by atoms with van der Waals surface area (Å²) in [5, 5.41) is 16.3. The van der Waals surface area contributed by atoms with E-state index in [4.69, 9.17) is 0 Å². The molecule has 0 radical (unpaired) electrons. The van der Waals surface area contributed by atoms with Crippen LogP contribution < -0.4 is 5.32 Å². The maximum atomic E-state index is 15.4. The van der Waals surface area contributed by atoms with Gasteiger partial charge in [-0.1, -0.05) is 19.1 Å². The predicted octanol–water partition coefficient (Wildman–Crippen LogP) is 5.25. The lowest BCUT2D eigenvalue weighted by atomic mass is 9.96. The summed E-state index contributed by atoms with van der Waals surface area (Å²) in [6.45, 7) is 11.2. The molecule has 2 N–H and O–H groups in total. The molecule has 210 valence electrons. The molecule has 0 atom stereocenters. The molecule has 2 aromatic carbocycles. The van der Waals surface area contributed by atoms with Gasteiger partial charge in [0.25, 0.3) is 0 Å². The summed E-state index contributed by atoms with van der Waals surface area (Å²) in [5.74, 6) is -1.56. The number of nitrogens with zero attached hydrogens (tertiary/aromatic N) is 5. The Morgan fingerprint density at radius 2 is 1.77 bits per heavy atom. The Kier molecular flexibility index (Phi) is 7.78. The highest BCUT2D eigenvalue weighted by molar-refractivity contribution is 5.93. The number of likely N-dealkylation sites (tertiary alicyclic amines) is 1. The Morgan fingerprint density at radius 1 is 0.975 bits per heavy atom. The number of nitrogens with one attached hydrogen (secondary N) is 2. The summed E-state index contributed by atoms with van der Waals surface area (Å²) in [5.41, 5.74) is 4.80. The maximum absolute atomic E-state index is 15.4. The van der Waals surface area contributed by atoms with Crippen LogP contribution in [0, 0.1) is 18.6 Å². The molecule has 7 nitrogen and oxygen atoms in total. The fraction of sp³-hybridized carbons (Fsp3) is 0.419. The standard InChI is InChI=1S/C31H37F2N7/c1-3-38-12-8-24(9-13-38)40-19-22(18-35-40)4-7-28-27-17-26(21(2)16-29(27)37-36-28)25-6-5-23(30(32)31(25)33)20-39-14-10-34-11-15-39/h4-7,16-19,24,34H,3,8-15,20H2,1-2H3,(H,36,37)/b7-4+. The van der Waals surface area contributed by atoms with Gasteiger partial charge in [0.2, 0.25) is 0 Å². The minimum absolute atomic E-state index is 0.271. The first-order valence-electron chi connectivity index (χ1n) is 14.3. The number of hydrogen-bond donors (Lipinski definition) is 2. The average Bonchev–Trinajstić information content (AvgIpc) is 3.62. The Morgan fingerprint density at radius 3 is 2.55 bits per heavy atom. The Balaban J connectivity index is 1.23. The van der Waals surface area contributed by atoms with Crippen LogP contribution in [-0.2, 0) is 6.54 Å². The van der Waals surface area contributed by atoms with E-state index < -0.39 is 11.6 Å². The van der Waals surface area contributed by atoms with Crippen molar-refractivity contribution >= 4 is 23.1 Å². The van der Waals surface area contributed by atoms with Crippen molar-refractivity contribution in [2.24, 2.45) is 0 Å². The highest BCUT2D eigenvalue weighted by Gasteiger charge is 2.21. The largest absolute Gasteiger partial charge is 0.314 e. The number of piperazine rings is 1. The number of rotatable bonds is 7. The van der Waals surface area contributed by atoms with Gasteiger partial charge >= 0.3 is 0 Å². The monoisotopic (exact) mass is 545 g/mol. The zero-order valence-corrected chi connectivity index (χ0v) is 23.3. The minimum atomic E-state index is -0.798. The van der Waals surface area contributed by atoms with Crippen LogP contribution in [0.4, 0.5) is 8.78 Å². The molecule has 0 bridgehead atoms. The van der Waals surface area contributed by atoms with Gasteiger partial charge in [0.15, 0.2) is 11.6 Å². The fourth-order valence-corrected chi connectivity index (χ4v) is 5.95. The van der Waals surface area contributed by atoms with Gasteiger partial charge in [-0.25, -0.2) is 8.78 Å². The number of H-pyrrole nitrogens is 1. The van der Waals surface area contributed by atoms with E-state index in [-0.39, 0.29) is 5.56 Å². The highest BCUT2D eigenvalue weighted by Crippen LogP contribution is 2.33. The molecule has 0 saturated carbocycles. The van der Waals surface area contributed by atoms with E-state index in [1.54, 1.807) is 12.1 Å². The maximum Gasteiger partial charge on any atom is 0.166 e. The summed E-state index contributed by atoms with van der Waals surface area (Å²) in [6.07, 6.45) is 10.1. The molecule has 2 fully saturated rings. The van der Waals surface area contributed by atoms with Gasteiger partial charge in [0.05, 0.1) is 23.4 Å². The lowest BCUT2D eigenvalue weighted by Crippen LogP contribution is -2.43. The van der Waals surface area contributed by atoms with E-state index >= 15 is 8.78 Å². The van der Waals surface area contributed by atoms with E-state index in [0.29, 0.717) is 23.7 Å². The van der Waals surface area contributed by atoms with Crippen LogP contribution in [0.2, 0.25) is 0 Å². The van der Waals surface area contributed by atoms with Gasteiger partial charge in [-0.3, -0.25) is 14.7 Å². The molecule has 40 heavy (non-hydrogen) atoms. The van der Waals surface area contributed by atoms with E-state index in [1.165, 1.54) is 0 Å². The molecule has 2 aliphatic rings. The highest BCUT2D eigenvalue weighted by atomic mass is 19.2. The van der Waals surface area contributed by atoms with Crippen LogP contribution in [0.25, 0.3) is 34.2 Å². The van der Waals surface area contributed by atoms with Crippen LogP contribution in [-0.4, -0.2) is 75.6 Å². The Labute approximate surface area is 233 Å². The molecule has 2 aromatic heterocycles. The third-order valence-corrected chi connectivity index (χ3v) is 8.43. The van der Waals surface area contributed by atoms with Gasteiger partial charge in [0, 0.05) is 74.1 Å². The van der Waals surface area contributed by atoms with Crippen LogP contribution >= 0.6 is 0 Å². The molecular formula is C31H37F2N7. The van der Waals surface area contributed by atoms with Gasteiger partial charge in [-0.15, -0.1) is 0 Å². The number of aromatic nitrogens is 4. The van der Waals surface area contributed by atoms with Crippen molar-refractivity contribution in [3.63, 3.8) is 0 Å². The van der Waals surface area contributed by atoms with Crippen LogP contribution in [0.1, 0.15) is 48.2 Å². The van der Waals surface area contributed by atoms with Crippen molar-refractivity contribution in [1.82, 2.24) is 35.1 Å². The first kappa shape index (κ1) is 26.8. The fourth-order valence-electron chi connectivity index (χ4n) is 5.95. The summed E-state index contributed by atoms with van der Waals surface area (Å²) >= 11 is 0. The van der Waals surface area contributed by atoms with Crippen molar-refractivity contribution in [2.75, 3.05) is 45.8 Å². The summed E-state index contributed by atoms with van der Waals surface area (Å²) in [7, 11) is 0. The van der Waals surface area contributed by atoms with E-state index in [9.17, 15) is 0 Å². The first-order valence-corrected chi connectivity index (χ1v) is 14.3. The van der Waals surface area contributed by atoms with Gasteiger partial charge in [-0.2, -0.15) is 10.2 Å². The third-order valence-electron chi connectivity index (χ3n) is 8.43. The molecule has 0 spiro atoms. The number of aryl methyl sites for hydroxylation is 1. The lowest BCUT2D eigenvalue weighted by molar-refractivity contribution is 0.187. The summed E-state index contributed by atoms with van der Waals surface area (Å²) in [4.78, 5) is 4.62. The number of aromatic amines is 1. The van der Waals surface area contributed by atoms with Crippen LogP contribution in [0.3, 0.4) is 0 Å². The zero-order chi connectivity index (χ0) is 27.6. The minimum Gasteiger partial charge on any atom is -0.314 e. The number of hydrogen-bond acceptors (Lipinski definition) is 5. The molecule has 4 aromatic rings. The van der Waals surface area contributed by atoms with E-state index in [0.717, 1.165) is 86.4 Å². The number of piperidine rings is 1. The molecule has 2 aliphatic heterocycles. The Bertz CT molecular complexity index is 1510. The molecule has 0 aliphatic carbocycles. The van der Waals surface area contributed by atoms with Gasteiger partial charge < -0.3 is 10.2 Å². The second-order valence-electron chi connectivity index (χ2n) is 11.0. The number of fused-ring (bicyclic) bond motifs is 1. The lowest BCUT2D eigenvalue weighted by Gasteiger charge is -2.31. The molecule has 0 unspecified atom stereocenters. The normalized spacial score (nSPS) is 17.9. The smallest absolute Gasteiger partial charge is 0.166 e.